The van der Waals surface area contributed by atoms with Crippen LogP contribution >= 0.6 is 0 Å². The van der Waals surface area contributed by atoms with Gasteiger partial charge in [-0.3, -0.25) is 0 Å². The molecule has 9 heavy (non-hydrogen) atoms. The van der Waals surface area contributed by atoms with Crippen LogP contribution < -0.4 is 0 Å². The molecule has 2 aliphatic rings. The van der Waals surface area contributed by atoms with Crippen molar-refractivity contribution in [2.75, 3.05) is 13.1 Å². The first kappa shape index (κ1) is 4.67. The average molecular weight is 122 g/mol. The van der Waals surface area contributed by atoms with E-state index in [0.717, 1.165) is 19.0 Å². The molecule has 0 atom stereocenters. The molecule has 4 nitrogen and oxygen atoms in total. The number of hydrogen-bond donors (Lipinski definition) is 0. The highest BCUT2D eigenvalue weighted by molar-refractivity contribution is 6.25. The molecule has 0 amide bonds. The van der Waals surface area contributed by atoms with Crippen molar-refractivity contribution in [1.82, 2.24) is 0 Å². The highest BCUT2D eigenvalue weighted by atomic mass is 15.5. The van der Waals surface area contributed by atoms with Crippen LogP contribution in [-0.4, -0.2) is 36.2 Å². The van der Waals surface area contributed by atoms with Gasteiger partial charge < -0.3 is 10.1 Å². The lowest BCUT2D eigenvalue weighted by atomic mass is 10.5. The molecular formula is C5H6N4. The number of guanidine groups is 1. The second-order valence-corrected chi connectivity index (χ2v) is 1.84. The van der Waals surface area contributed by atoms with Crippen molar-refractivity contribution in [2.45, 2.75) is 0 Å². The highest BCUT2D eigenvalue weighted by Crippen LogP contribution is 2.04. The molecule has 0 radical (unpaired) electrons. The maximum absolute atomic E-state index is 4.02. The van der Waals surface area contributed by atoms with E-state index < -0.39 is 0 Å². The molecule has 0 saturated carbocycles. The molecule has 0 aromatic rings. The SMILES string of the molecule is C1=NC(=[N+]2CC[N-]2)N=C1. The zero-order valence-electron chi connectivity index (χ0n) is 4.86. The Labute approximate surface area is 52.6 Å². The third-order valence-corrected chi connectivity index (χ3v) is 1.26. The van der Waals surface area contributed by atoms with Gasteiger partial charge >= 0.3 is 5.96 Å². The topological polar surface area (TPSA) is 41.8 Å². The van der Waals surface area contributed by atoms with Crippen LogP contribution in [0.15, 0.2) is 9.98 Å². The minimum atomic E-state index is 0.723. The average Bonchev–Trinajstić information content (AvgIpc) is 2.11. The Hall–Kier alpha value is -1.19. The second-order valence-electron chi connectivity index (χ2n) is 1.84. The number of nitrogens with zero attached hydrogens (tertiary/aromatic N) is 4. The molecule has 1 fully saturated rings. The summed E-state index contributed by atoms with van der Waals surface area (Å²) in [6.45, 7) is 1.87. The summed E-state index contributed by atoms with van der Waals surface area (Å²) in [5.41, 5.74) is 4.02. The molecule has 0 unspecified atom stereocenters. The van der Waals surface area contributed by atoms with Gasteiger partial charge in [0.15, 0.2) is 0 Å². The first-order valence-electron chi connectivity index (χ1n) is 2.85. The minimum absolute atomic E-state index is 0.723. The van der Waals surface area contributed by atoms with Crippen LogP contribution in [0.5, 0.6) is 0 Å². The standard InChI is InChI=1S/C5H6N4/c1-2-7-5(6-1)9-4-3-8-9/h1-2H,3-4H2. The molecule has 2 aliphatic heterocycles. The summed E-state index contributed by atoms with van der Waals surface area (Å²) >= 11 is 0. The quantitative estimate of drug-likeness (QED) is 0.400. The lowest BCUT2D eigenvalue weighted by molar-refractivity contribution is -0.522. The van der Waals surface area contributed by atoms with Crippen LogP contribution in [0, 0.1) is 0 Å². The third-order valence-electron chi connectivity index (χ3n) is 1.26. The predicted molar refractivity (Wildman–Crippen MR) is 35.3 cm³/mol. The first-order chi connectivity index (χ1) is 4.47. The van der Waals surface area contributed by atoms with E-state index in [2.05, 4.69) is 15.4 Å². The maximum Gasteiger partial charge on any atom is 0.417 e. The maximum atomic E-state index is 4.02. The molecule has 4 heteroatoms. The predicted octanol–water partition coefficient (Wildman–Crippen LogP) is -0.188. The molecular weight excluding hydrogens is 116 g/mol. The number of hydrogen-bond acceptors (Lipinski definition) is 0. The van der Waals surface area contributed by atoms with Crippen LogP contribution in [0.1, 0.15) is 0 Å². The van der Waals surface area contributed by atoms with Crippen LogP contribution in [0.25, 0.3) is 5.43 Å². The monoisotopic (exact) mass is 122 g/mol. The van der Waals surface area contributed by atoms with Gasteiger partial charge in [0.05, 0.1) is 0 Å². The summed E-state index contributed by atoms with van der Waals surface area (Å²) in [5, 5.41) is 0. The number of aliphatic imine (C=N–C) groups is 2. The lowest BCUT2D eigenvalue weighted by Crippen LogP contribution is -2.28. The van der Waals surface area contributed by atoms with Crippen LogP contribution in [0.4, 0.5) is 0 Å². The summed E-state index contributed by atoms with van der Waals surface area (Å²) in [6.07, 6.45) is 3.34. The Morgan fingerprint density at radius 3 is 2.56 bits per heavy atom. The van der Waals surface area contributed by atoms with E-state index >= 15 is 0 Å². The van der Waals surface area contributed by atoms with Crippen LogP contribution in [0.2, 0.25) is 0 Å². The van der Waals surface area contributed by atoms with Crippen molar-refractivity contribution < 1.29 is 4.68 Å². The van der Waals surface area contributed by atoms with Gasteiger partial charge in [-0.05, 0) is 0 Å². The Morgan fingerprint density at radius 2 is 2.11 bits per heavy atom. The molecule has 46 valence electrons. The van der Waals surface area contributed by atoms with Gasteiger partial charge in [-0.2, -0.15) is 0 Å². The Kier molecular flexibility index (Phi) is 0.855. The lowest BCUT2D eigenvalue weighted by Gasteiger charge is -2.34. The summed E-state index contributed by atoms with van der Waals surface area (Å²) in [6, 6.07) is 0. The summed E-state index contributed by atoms with van der Waals surface area (Å²) in [5.74, 6) is 0.723. The van der Waals surface area contributed by atoms with Crippen molar-refractivity contribution in [3.63, 3.8) is 0 Å². The normalized spacial score (nSPS) is 22.2. The van der Waals surface area contributed by atoms with Crippen molar-refractivity contribution >= 4 is 18.4 Å². The molecule has 0 aromatic carbocycles. The summed E-state index contributed by atoms with van der Waals surface area (Å²) in [4.78, 5) is 7.92. The number of rotatable bonds is 0. The van der Waals surface area contributed by atoms with E-state index in [-0.39, 0.29) is 0 Å². The molecule has 2 heterocycles. The molecule has 0 bridgehead atoms. The van der Waals surface area contributed by atoms with E-state index in [1.807, 2.05) is 0 Å². The molecule has 0 spiro atoms. The van der Waals surface area contributed by atoms with Crippen molar-refractivity contribution in [3.8, 4) is 0 Å². The fourth-order valence-electron chi connectivity index (χ4n) is 0.730. The van der Waals surface area contributed by atoms with E-state index in [9.17, 15) is 0 Å². The first-order valence-corrected chi connectivity index (χ1v) is 2.85. The second kappa shape index (κ2) is 1.65. The molecule has 0 aromatic heterocycles. The van der Waals surface area contributed by atoms with Gasteiger partial charge in [-0.1, -0.05) is 16.5 Å². The molecule has 0 aliphatic carbocycles. The zero-order valence-corrected chi connectivity index (χ0v) is 4.86. The summed E-state index contributed by atoms with van der Waals surface area (Å²) in [7, 11) is 0. The van der Waals surface area contributed by atoms with Gasteiger partial charge in [-0.25, -0.2) is 0 Å². The Morgan fingerprint density at radius 1 is 1.44 bits per heavy atom. The van der Waals surface area contributed by atoms with E-state index in [1.165, 1.54) is 0 Å². The van der Waals surface area contributed by atoms with Crippen molar-refractivity contribution in [3.05, 3.63) is 5.43 Å². The fourth-order valence-corrected chi connectivity index (χ4v) is 0.730. The van der Waals surface area contributed by atoms with E-state index in [1.54, 1.807) is 17.1 Å². The van der Waals surface area contributed by atoms with Crippen LogP contribution in [-0.2, 0) is 0 Å². The van der Waals surface area contributed by atoms with Gasteiger partial charge in [0.1, 0.15) is 12.4 Å². The fraction of sp³-hybridized carbons (Fsp3) is 0.400. The Balaban J connectivity index is 2.28. The van der Waals surface area contributed by atoms with E-state index in [0.29, 0.717) is 0 Å². The van der Waals surface area contributed by atoms with Gasteiger partial charge in [-0.15, -0.1) is 0 Å². The third kappa shape index (κ3) is 0.630. The van der Waals surface area contributed by atoms with Gasteiger partial charge in [0.25, 0.3) is 0 Å². The largest absolute Gasteiger partial charge is 0.552 e. The smallest absolute Gasteiger partial charge is 0.417 e. The van der Waals surface area contributed by atoms with Gasteiger partial charge in [0.2, 0.25) is 0 Å². The van der Waals surface area contributed by atoms with E-state index in [4.69, 9.17) is 0 Å². The summed E-state index contributed by atoms with van der Waals surface area (Å²) < 4.78 is 1.79. The van der Waals surface area contributed by atoms with Crippen molar-refractivity contribution in [1.29, 1.82) is 0 Å². The molecule has 2 rings (SSSR count). The molecule has 1 saturated heterocycles. The molecule has 0 N–H and O–H groups in total. The highest BCUT2D eigenvalue weighted by Gasteiger charge is 2.11. The Bertz CT molecular complexity index is 193. The minimum Gasteiger partial charge on any atom is -0.552 e. The zero-order chi connectivity index (χ0) is 6.10. The van der Waals surface area contributed by atoms with Gasteiger partial charge in [0, 0.05) is 6.54 Å². The van der Waals surface area contributed by atoms with Crippen molar-refractivity contribution in [2.24, 2.45) is 9.98 Å². The van der Waals surface area contributed by atoms with Crippen LogP contribution in [0.3, 0.4) is 0 Å².